The highest BCUT2D eigenvalue weighted by molar-refractivity contribution is 9.18. The zero-order valence-corrected chi connectivity index (χ0v) is 11.2. The fraction of sp³-hybridized carbons (Fsp3) is 0.214. The van der Waals surface area contributed by atoms with Gasteiger partial charge in [-0.25, -0.2) is 9.98 Å². The van der Waals surface area contributed by atoms with Gasteiger partial charge in [0.15, 0.2) is 5.82 Å². The highest BCUT2D eigenvalue weighted by Gasteiger charge is 2.47. The lowest BCUT2D eigenvalue weighted by Crippen LogP contribution is -2.30. The number of nitrogens with zero attached hydrogens (tertiary/aromatic N) is 3. The van der Waals surface area contributed by atoms with E-state index in [-0.39, 0.29) is 5.41 Å². The molecule has 0 fully saturated rings. The molecule has 0 saturated carbocycles. The summed E-state index contributed by atoms with van der Waals surface area (Å²) < 4.78 is 0.988. The maximum Gasteiger partial charge on any atom is 0.156 e. The minimum absolute atomic E-state index is 0.0692. The molecule has 4 rings (SSSR count). The van der Waals surface area contributed by atoms with Gasteiger partial charge in [0.05, 0.1) is 10.0 Å². The molecule has 0 saturated heterocycles. The first-order valence-corrected chi connectivity index (χ1v) is 6.72. The van der Waals surface area contributed by atoms with Crippen LogP contribution in [0.15, 0.2) is 41.7 Å². The van der Waals surface area contributed by atoms with E-state index >= 15 is 0 Å². The number of hydrogen-bond donors (Lipinski definition) is 0. The Labute approximate surface area is 113 Å². The molecule has 3 heterocycles. The van der Waals surface area contributed by atoms with Crippen LogP contribution in [0.3, 0.4) is 0 Å². The summed E-state index contributed by atoms with van der Waals surface area (Å²) in [6.07, 6.45) is 5.52. The standard InChI is InChI=1S/C14H10BrN3/c15-13-14(10-4-2-6-17-12(10)18-13)7-9-3-1-5-16-11(9)8-14/h1-6H,7-8H2. The van der Waals surface area contributed by atoms with E-state index in [9.17, 15) is 0 Å². The number of fused-ring (bicyclic) bond motifs is 3. The van der Waals surface area contributed by atoms with E-state index in [1.165, 1.54) is 16.8 Å². The number of aromatic nitrogens is 2. The van der Waals surface area contributed by atoms with Crippen molar-refractivity contribution in [1.82, 2.24) is 9.97 Å². The number of pyridine rings is 2. The van der Waals surface area contributed by atoms with Crippen molar-refractivity contribution in [1.29, 1.82) is 0 Å². The van der Waals surface area contributed by atoms with Crippen molar-refractivity contribution in [2.75, 3.05) is 0 Å². The molecule has 1 atom stereocenters. The molecule has 0 bridgehead atoms. The first-order chi connectivity index (χ1) is 8.79. The second-order valence-corrected chi connectivity index (χ2v) is 5.57. The molecule has 1 aliphatic heterocycles. The Morgan fingerprint density at radius 1 is 1.06 bits per heavy atom. The van der Waals surface area contributed by atoms with E-state index in [1.807, 2.05) is 18.3 Å². The topological polar surface area (TPSA) is 38.1 Å². The van der Waals surface area contributed by atoms with Crippen LogP contribution in [0.2, 0.25) is 0 Å². The van der Waals surface area contributed by atoms with Crippen molar-refractivity contribution in [2.24, 2.45) is 4.99 Å². The average molecular weight is 300 g/mol. The predicted octanol–water partition coefficient (Wildman–Crippen LogP) is 2.95. The Balaban J connectivity index is 1.91. The maximum absolute atomic E-state index is 4.56. The predicted molar refractivity (Wildman–Crippen MR) is 73.6 cm³/mol. The van der Waals surface area contributed by atoms with Gasteiger partial charge in [0.1, 0.15) is 0 Å². The smallest absolute Gasteiger partial charge is 0.156 e. The molecular weight excluding hydrogens is 290 g/mol. The summed E-state index contributed by atoms with van der Waals surface area (Å²) in [6.45, 7) is 0. The summed E-state index contributed by atoms with van der Waals surface area (Å²) >= 11 is 3.64. The van der Waals surface area contributed by atoms with Crippen molar-refractivity contribution in [2.45, 2.75) is 18.3 Å². The molecule has 4 heteroatoms. The van der Waals surface area contributed by atoms with Crippen molar-refractivity contribution in [3.8, 4) is 0 Å². The lowest BCUT2D eigenvalue weighted by Gasteiger charge is -2.23. The zero-order valence-electron chi connectivity index (χ0n) is 9.60. The van der Waals surface area contributed by atoms with Gasteiger partial charge in [-0.3, -0.25) is 4.98 Å². The Bertz CT molecular complexity index is 653. The normalized spacial score (nSPS) is 23.9. The third-order valence-corrected chi connectivity index (χ3v) is 4.78. The lowest BCUT2D eigenvalue weighted by molar-refractivity contribution is 0.632. The van der Waals surface area contributed by atoms with Crippen molar-refractivity contribution in [3.63, 3.8) is 0 Å². The van der Waals surface area contributed by atoms with Gasteiger partial charge in [0.25, 0.3) is 0 Å². The minimum atomic E-state index is -0.0692. The summed E-state index contributed by atoms with van der Waals surface area (Å²) in [7, 11) is 0. The average Bonchev–Trinajstić information content (AvgIpc) is 2.90. The first kappa shape index (κ1) is 10.4. The fourth-order valence-electron chi connectivity index (χ4n) is 2.97. The molecule has 1 unspecified atom stereocenters. The van der Waals surface area contributed by atoms with Crippen LogP contribution in [0.1, 0.15) is 16.8 Å². The molecule has 2 aromatic rings. The maximum atomic E-state index is 4.56. The van der Waals surface area contributed by atoms with Gasteiger partial charge >= 0.3 is 0 Å². The van der Waals surface area contributed by atoms with Crippen molar-refractivity contribution in [3.05, 3.63) is 53.5 Å². The van der Waals surface area contributed by atoms with E-state index in [4.69, 9.17) is 0 Å². The second-order valence-electron chi connectivity index (χ2n) is 4.82. The van der Waals surface area contributed by atoms with E-state index in [0.717, 1.165) is 23.3 Å². The monoisotopic (exact) mass is 299 g/mol. The first-order valence-electron chi connectivity index (χ1n) is 5.92. The summed E-state index contributed by atoms with van der Waals surface area (Å²) in [5, 5.41) is 0. The highest BCUT2D eigenvalue weighted by atomic mass is 79.9. The second kappa shape index (κ2) is 3.48. The third kappa shape index (κ3) is 1.21. The molecule has 3 nitrogen and oxygen atoms in total. The van der Waals surface area contributed by atoms with Crippen molar-refractivity contribution >= 4 is 26.4 Å². The molecule has 1 spiro atoms. The van der Waals surface area contributed by atoms with Crippen LogP contribution >= 0.6 is 15.9 Å². The van der Waals surface area contributed by atoms with Gasteiger partial charge in [-0.15, -0.1) is 0 Å². The van der Waals surface area contributed by atoms with Gasteiger partial charge in [0.2, 0.25) is 0 Å². The van der Waals surface area contributed by atoms with E-state index < -0.39 is 0 Å². The lowest BCUT2D eigenvalue weighted by atomic mass is 9.81. The van der Waals surface area contributed by atoms with Gasteiger partial charge in [-0.05, 0) is 40.0 Å². The summed E-state index contributed by atoms with van der Waals surface area (Å²) in [6, 6.07) is 8.28. The Kier molecular flexibility index (Phi) is 2.01. The number of halogens is 1. The SMILES string of the molecule is BrC1=Nc2ncccc2C12Cc1cccnc1C2. The summed E-state index contributed by atoms with van der Waals surface area (Å²) in [5.41, 5.74) is 3.65. The quantitative estimate of drug-likeness (QED) is 0.750. The van der Waals surface area contributed by atoms with Crippen LogP contribution in [0.4, 0.5) is 5.82 Å². The van der Waals surface area contributed by atoms with Crippen LogP contribution in [0.5, 0.6) is 0 Å². The van der Waals surface area contributed by atoms with Crippen LogP contribution in [-0.2, 0) is 18.3 Å². The van der Waals surface area contributed by atoms with Crippen LogP contribution in [0, 0.1) is 0 Å². The third-order valence-electron chi connectivity index (χ3n) is 3.85. The number of rotatable bonds is 0. The Morgan fingerprint density at radius 3 is 2.78 bits per heavy atom. The van der Waals surface area contributed by atoms with Gasteiger partial charge in [0, 0.05) is 30.1 Å². The van der Waals surface area contributed by atoms with Crippen LogP contribution in [0.25, 0.3) is 0 Å². The van der Waals surface area contributed by atoms with Gasteiger partial charge < -0.3 is 0 Å². The van der Waals surface area contributed by atoms with E-state index in [1.54, 1.807) is 6.20 Å². The van der Waals surface area contributed by atoms with Crippen molar-refractivity contribution < 1.29 is 0 Å². The molecule has 1 aliphatic carbocycles. The molecule has 0 N–H and O–H groups in total. The van der Waals surface area contributed by atoms with E-state index in [2.05, 4.69) is 43.0 Å². The number of aliphatic imine (C=N–C) groups is 1. The summed E-state index contributed by atoms with van der Waals surface area (Å²) in [4.78, 5) is 13.4. The highest BCUT2D eigenvalue weighted by Crippen LogP contribution is 2.48. The number of hydrogen-bond acceptors (Lipinski definition) is 3. The molecule has 88 valence electrons. The molecule has 0 aromatic carbocycles. The Morgan fingerprint density at radius 2 is 1.89 bits per heavy atom. The van der Waals surface area contributed by atoms with Crippen LogP contribution in [-0.4, -0.2) is 14.6 Å². The fourth-order valence-corrected chi connectivity index (χ4v) is 3.63. The van der Waals surface area contributed by atoms with Gasteiger partial charge in [-0.1, -0.05) is 12.1 Å². The Hall–Kier alpha value is -1.55. The van der Waals surface area contributed by atoms with E-state index in [0.29, 0.717) is 0 Å². The molecule has 0 amide bonds. The minimum Gasteiger partial charge on any atom is -0.261 e. The molecule has 0 radical (unpaired) electrons. The molecular formula is C14H10BrN3. The largest absolute Gasteiger partial charge is 0.261 e. The molecule has 2 aromatic heterocycles. The zero-order chi connectivity index (χ0) is 12.2. The summed E-state index contributed by atoms with van der Waals surface area (Å²) in [5.74, 6) is 0.845. The molecule has 18 heavy (non-hydrogen) atoms. The molecule has 2 aliphatic rings. The van der Waals surface area contributed by atoms with Gasteiger partial charge in [-0.2, -0.15) is 0 Å². The van der Waals surface area contributed by atoms with Crippen LogP contribution < -0.4 is 0 Å².